The van der Waals surface area contributed by atoms with Crippen LogP contribution in [0.3, 0.4) is 0 Å². The highest BCUT2D eigenvalue weighted by atomic mass is 32.2. The van der Waals surface area contributed by atoms with Gasteiger partial charge in [-0.3, -0.25) is 0 Å². The largest absolute Gasteiger partial charge is 0.534 e. The number of amides is 1. The molecule has 0 saturated heterocycles. The van der Waals surface area contributed by atoms with E-state index < -0.39 is 27.3 Å². The van der Waals surface area contributed by atoms with Crippen LogP contribution in [0.15, 0.2) is 18.2 Å². The first-order valence-corrected chi connectivity index (χ1v) is 9.77. The Bertz CT molecular complexity index is 800. The minimum Gasteiger partial charge on any atom is -0.444 e. The van der Waals surface area contributed by atoms with Crippen LogP contribution >= 0.6 is 0 Å². The van der Waals surface area contributed by atoms with Gasteiger partial charge in [-0.25, -0.2) is 4.79 Å². The quantitative estimate of drug-likeness (QED) is 0.608. The second-order valence-electron chi connectivity index (χ2n) is 7.41. The molecule has 0 aromatic heterocycles. The van der Waals surface area contributed by atoms with Gasteiger partial charge in [-0.1, -0.05) is 6.07 Å². The van der Waals surface area contributed by atoms with Crippen molar-refractivity contribution in [2.45, 2.75) is 51.1 Å². The number of hydrogen-bond donors (Lipinski definition) is 1. The molecule has 0 saturated carbocycles. The first kappa shape index (κ1) is 21.3. The predicted molar refractivity (Wildman–Crippen MR) is 91.8 cm³/mol. The SMILES string of the molecule is CC(C)(C)OC(=O)NCC1CCc2cc(OS(=O)(=O)C(F)(F)F)ccc2C1. The Morgan fingerprint density at radius 3 is 2.48 bits per heavy atom. The van der Waals surface area contributed by atoms with Crippen LogP contribution in [-0.4, -0.2) is 32.2 Å². The third kappa shape index (κ3) is 6.02. The number of carbonyl (C=O) groups is 1. The maximum atomic E-state index is 12.4. The fourth-order valence-corrected chi connectivity index (χ4v) is 3.20. The van der Waals surface area contributed by atoms with Gasteiger partial charge in [-0.05, 0) is 69.2 Å². The Morgan fingerprint density at radius 1 is 1.22 bits per heavy atom. The number of fused-ring (bicyclic) bond motifs is 1. The molecule has 27 heavy (non-hydrogen) atoms. The molecular weight excluding hydrogens is 387 g/mol. The van der Waals surface area contributed by atoms with Crippen molar-refractivity contribution in [1.29, 1.82) is 0 Å². The van der Waals surface area contributed by atoms with Gasteiger partial charge < -0.3 is 14.2 Å². The third-order valence-electron chi connectivity index (χ3n) is 3.93. The second-order valence-corrected chi connectivity index (χ2v) is 8.94. The van der Waals surface area contributed by atoms with Gasteiger partial charge in [-0.2, -0.15) is 21.6 Å². The molecule has 0 bridgehead atoms. The molecule has 6 nitrogen and oxygen atoms in total. The number of alkyl halides is 3. The van der Waals surface area contributed by atoms with Crippen molar-refractivity contribution < 1.29 is 35.3 Å². The fraction of sp³-hybridized carbons (Fsp3) is 0.588. The number of ether oxygens (including phenoxy) is 1. The van der Waals surface area contributed by atoms with Gasteiger partial charge in [-0.15, -0.1) is 0 Å². The summed E-state index contributed by atoms with van der Waals surface area (Å²) in [6.45, 7) is 5.71. The van der Waals surface area contributed by atoms with Crippen LogP contribution in [0.1, 0.15) is 38.3 Å². The Kier molecular flexibility index (Phi) is 5.98. The van der Waals surface area contributed by atoms with Crippen molar-refractivity contribution in [3.63, 3.8) is 0 Å². The molecule has 0 radical (unpaired) electrons. The summed E-state index contributed by atoms with van der Waals surface area (Å²) in [5.41, 5.74) is -4.44. The Labute approximate surface area is 156 Å². The minimum absolute atomic E-state index is 0.149. The standard InChI is InChI=1S/C17H22F3NO5S/c1-16(2,3)25-15(22)21-10-11-4-5-13-9-14(7-6-12(13)8-11)26-27(23,24)17(18,19)20/h6-7,9,11H,4-5,8,10H2,1-3H3,(H,21,22). The second kappa shape index (κ2) is 7.57. The minimum atomic E-state index is -5.68. The van der Waals surface area contributed by atoms with Crippen LogP contribution in [0.2, 0.25) is 0 Å². The molecule has 0 spiro atoms. The smallest absolute Gasteiger partial charge is 0.444 e. The summed E-state index contributed by atoms with van der Waals surface area (Å²) in [5.74, 6) is -0.216. The van der Waals surface area contributed by atoms with Gasteiger partial charge in [0.25, 0.3) is 0 Å². The lowest BCUT2D eigenvalue weighted by molar-refractivity contribution is -0.0500. The summed E-state index contributed by atoms with van der Waals surface area (Å²) in [5, 5.41) is 2.71. The van der Waals surface area contributed by atoms with Gasteiger partial charge in [0.15, 0.2) is 0 Å². The van der Waals surface area contributed by atoms with Crippen LogP contribution in [0.5, 0.6) is 5.75 Å². The molecule has 1 aliphatic carbocycles. The van der Waals surface area contributed by atoms with E-state index in [4.69, 9.17) is 4.74 Å². The molecule has 1 atom stereocenters. The number of halogens is 3. The number of hydrogen-bond acceptors (Lipinski definition) is 5. The molecule has 10 heteroatoms. The Balaban J connectivity index is 1.97. The van der Waals surface area contributed by atoms with Crippen molar-refractivity contribution in [2.24, 2.45) is 5.92 Å². The molecule has 0 aliphatic heterocycles. The first-order chi connectivity index (χ1) is 12.3. The van der Waals surface area contributed by atoms with E-state index in [1.165, 1.54) is 12.1 Å². The van der Waals surface area contributed by atoms with Gasteiger partial charge in [0.05, 0.1) is 0 Å². The van der Waals surface area contributed by atoms with Crippen molar-refractivity contribution >= 4 is 16.2 Å². The third-order valence-corrected chi connectivity index (χ3v) is 4.91. The Morgan fingerprint density at radius 2 is 1.89 bits per heavy atom. The van der Waals surface area contributed by atoms with Crippen LogP contribution < -0.4 is 9.50 Å². The van der Waals surface area contributed by atoms with Crippen molar-refractivity contribution in [3.8, 4) is 5.75 Å². The van der Waals surface area contributed by atoms with Gasteiger partial charge >= 0.3 is 21.7 Å². The number of nitrogens with one attached hydrogen (secondary N) is 1. The molecule has 1 N–H and O–H groups in total. The number of alkyl carbamates (subject to hydrolysis) is 1. The fourth-order valence-electron chi connectivity index (χ4n) is 2.75. The average Bonchev–Trinajstić information content (AvgIpc) is 2.49. The molecule has 1 amide bonds. The topological polar surface area (TPSA) is 81.7 Å². The van der Waals surface area contributed by atoms with Gasteiger partial charge in [0.2, 0.25) is 0 Å². The summed E-state index contributed by atoms with van der Waals surface area (Å²) < 4.78 is 68.7. The molecule has 0 heterocycles. The molecule has 1 aromatic carbocycles. The van der Waals surface area contributed by atoms with Crippen LogP contribution in [0, 0.1) is 5.92 Å². The van der Waals surface area contributed by atoms with E-state index in [2.05, 4.69) is 9.50 Å². The molecule has 2 rings (SSSR count). The molecule has 1 aromatic rings. The van der Waals surface area contributed by atoms with Crippen LogP contribution in [-0.2, 0) is 27.7 Å². The zero-order valence-electron chi connectivity index (χ0n) is 15.2. The van der Waals surface area contributed by atoms with E-state index in [1.807, 2.05) is 0 Å². The summed E-state index contributed by atoms with van der Waals surface area (Å²) >= 11 is 0. The highest BCUT2D eigenvalue weighted by molar-refractivity contribution is 7.88. The first-order valence-electron chi connectivity index (χ1n) is 8.36. The van der Waals surface area contributed by atoms with Crippen molar-refractivity contribution in [3.05, 3.63) is 29.3 Å². The van der Waals surface area contributed by atoms with Gasteiger partial charge in [0, 0.05) is 6.54 Å². The van der Waals surface area contributed by atoms with Crippen LogP contribution in [0.25, 0.3) is 0 Å². The summed E-state index contributed by atoms with van der Waals surface area (Å²) in [6.07, 6.45) is 1.34. The zero-order chi connectivity index (χ0) is 20.5. The van der Waals surface area contributed by atoms with Crippen molar-refractivity contribution in [2.75, 3.05) is 6.54 Å². The number of benzene rings is 1. The van der Waals surface area contributed by atoms with E-state index >= 15 is 0 Å². The maximum absolute atomic E-state index is 12.4. The molecule has 152 valence electrons. The molecule has 0 fully saturated rings. The average molecular weight is 409 g/mol. The summed E-state index contributed by atoms with van der Waals surface area (Å²) in [4.78, 5) is 11.7. The van der Waals surface area contributed by atoms with Crippen molar-refractivity contribution in [1.82, 2.24) is 5.32 Å². The number of rotatable bonds is 4. The van der Waals surface area contributed by atoms with E-state index in [9.17, 15) is 26.4 Å². The highest BCUT2D eigenvalue weighted by Crippen LogP contribution is 2.31. The molecule has 1 aliphatic rings. The monoisotopic (exact) mass is 409 g/mol. The lowest BCUT2D eigenvalue weighted by Gasteiger charge is -2.26. The maximum Gasteiger partial charge on any atom is 0.534 e. The predicted octanol–water partition coefficient (Wildman–Crippen LogP) is 3.54. The summed E-state index contributed by atoms with van der Waals surface area (Å²) in [7, 11) is -5.68. The number of aryl methyl sites for hydroxylation is 1. The van der Waals surface area contributed by atoms with E-state index in [0.717, 1.165) is 11.1 Å². The van der Waals surface area contributed by atoms with E-state index in [0.29, 0.717) is 25.8 Å². The summed E-state index contributed by atoms with van der Waals surface area (Å²) in [6, 6.07) is 4.07. The lowest BCUT2D eigenvalue weighted by Crippen LogP contribution is -2.36. The Hall–Kier alpha value is -1.97. The highest BCUT2D eigenvalue weighted by Gasteiger charge is 2.48. The van der Waals surface area contributed by atoms with E-state index in [1.54, 1.807) is 26.8 Å². The van der Waals surface area contributed by atoms with Crippen LogP contribution in [0.4, 0.5) is 18.0 Å². The number of carbonyl (C=O) groups excluding carboxylic acids is 1. The van der Waals surface area contributed by atoms with E-state index in [-0.39, 0.29) is 11.7 Å². The van der Waals surface area contributed by atoms with Gasteiger partial charge in [0.1, 0.15) is 11.4 Å². The normalized spacial score (nSPS) is 17.8. The zero-order valence-corrected chi connectivity index (χ0v) is 16.0. The lowest BCUT2D eigenvalue weighted by atomic mass is 9.84. The molecular formula is C17H22F3NO5S. The molecule has 1 unspecified atom stereocenters.